The van der Waals surface area contributed by atoms with E-state index in [4.69, 9.17) is 4.74 Å². The molecule has 0 N–H and O–H groups in total. The summed E-state index contributed by atoms with van der Waals surface area (Å²) >= 11 is 0. The molecule has 0 atom stereocenters. The summed E-state index contributed by atoms with van der Waals surface area (Å²) in [6, 6.07) is 1.84. The first kappa shape index (κ1) is 9.71. The van der Waals surface area contributed by atoms with E-state index in [-0.39, 0.29) is 5.97 Å². The van der Waals surface area contributed by atoms with E-state index < -0.39 is 0 Å². The van der Waals surface area contributed by atoms with Crippen LogP contribution in [0.3, 0.4) is 0 Å². The van der Waals surface area contributed by atoms with Gasteiger partial charge < -0.3 is 4.74 Å². The molecule has 1 heterocycles. The summed E-state index contributed by atoms with van der Waals surface area (Å²) in [6.07, 6.45) is 3.76. The second kappa shape index (κ2) is 4.60. The molecule has 0 fully saturated rings. The summed E-state index contributed by atoms with van der Waals surface area (Å²) in [5.41, 5.74) is 2.00. The third kappa shape index (κ3) is 2.86. The fraction of sp³-hybridized carbons (Fsp3) is 0.400. The molecule has 0 saturated heterocycles. The number of hydrogen-bond donors (Lipinski definition) is 0. The van der Waals surface area contributed by atoms with Gasteiger partial charge in [-0.2, -0.15) is 0 Å². The lowest BCUT2D eigenvalue weighted by Gasteiger charge is -2.03. The zero-order valence-electron chi connectivity index (χ0n) is 7.91. The highest BCUT2D eigenvalue weighted by Crippen LogP contribution is 2.06. The molecule has 3 nitrogen and oxygen atoms in total. The van der Waals surface area contributed by atoms with Crippen LogP contribution in [0.2, 0.25) is 0 Å². The molecular weight excluding hydrogens is 166 g/mol. The van der Waals surface area contributed by atoms with E-state index >= 15 is 0 Å². The molecule has 70 valence electrons. The van der Waals surface area contributed by atoms with E-state index in [1.165, 1.54) is 0 Å². The smallest absolute Gasteiger partial charge is 0.310 e. The Morgan fingerprint density at radius 2 is 2.38 bits per heavy atom. The second-order valence-corrected chi connectivity index (χ2v) is 2.78. The molecule has 0 unspecified atom stereocenters. The van der Waals surface area contributed by atoms with Crippen molar-refractivity contribution in [2.45, 2.75) is 20.3 Å². The van der Waals surface area contributed by atoms with Gasteiger partial charge in [0, 0.05) is 12.4 Å². The van der Waals surface area contributed by atoms with Crippen LogP contribution in [0.25, 0.3) is 0 Å². The number of pyridine rings is 1. The quantitative estimate of drug-likeness (QED) is 0.660. The molecule has 0 spiro atoms. The van der Waals surface area contributed by atoms with Gasteiger partial charge in [-0.25, -0.2) is 0 Å². The first-order valence-corrected chi connectivity index (χ1v) is 4.29. The van der Waals surface area contributed by atoms with Crippen LogP contribution in [0.1, 0.15) is 18.1 Å². The maximum Gasteiger partial charge on any atom is 0.310 e. The van der Waals surface area contributed by atoms with E-state index in [0.29, 0.717) is 13.0 Å². The monoisotopic (exact) mass is 179 g/mol. The van der Waals surface area contributed by atoms with Gasteiger partial charge >= 0.3 is 5.97 Å². The van der Waals surface area contributed by atoms with Crippen LogP contribution < -0.4 is 0 Å². The van der Waals surface area contributed by atoms with E-state index in [0.717, 1.165) is 11.1 Å². The van der Waals surface area contributed by atoms with Crippen LogP contribution in [0.4, 0.5) is 0 Å². The van der Waals surface area contributed by atoms with E-state index in [1.807, 2.05) is 13.0 Å². The van der Waals surface area contributed by atoms with Gasteiger partial charge in [0.25, 0.3) is 0 Å². The number of nitrogens with zero attached hydrogens (tertiary/aromatic N) is 1. The minimum Gasteiger partial charge on any atom is -0.466 e. The highest BCUT2D eigenvalue weighted by atomic mass is 16.5. The molecular formula is C10H13NO2. The molecule has 0 saturated carbocycles. The number of esters is 1. The number of hydrogen-bond acceptors (Lipinski definition) is 3. The Morgan fingerprint density at radius 3 is 3.00 bits per heavy atom. The summed E-state index contributed by atoms with van der Waals surface area (Å²) in [7, 11) is 0. The molecule has 0 amide bonds. The Labute approximate surface area is 77.8 Å². The maximum absolute atomic E-state index is 11.1. The standard InChI is InChI=1S/C10H13NO2/c1-3-13-10(12)6-9-4-5-11-7-8(9)2/h4-5,7H,3,6H2,1-2H3. The van der Waals surface area contributed by atoms with Crippen LogP contribution in [0, 0.1) is 6.92 Å². The molecule has 1 rings (SSSR count). The number of carbonyl (C=O) groups excluding carboxylic acids is 1. The molecule has 0 bridgehead atoms. The summed E-state index contributed by atoms with van der Waals surface area (Å²) in [5, 5.41) is 0. The molecule has 0 aromatic carbocycles. The minimum absolute atomic E-state index is 0.184. The van der Waals surface area contributed by atoms with Crippen molar-refractivity contribution in [3.63, 3.8) is 0 Å². The average molecular weight is 179 g/mol. The molecule has 13 heavy (non-hydrogen) atoms. The largest absolute Gasteiger partial charge is 0.466 e. The first-order chi connectivity index (χ1) is 6.24. The fourth-order valence-electron chi connectivity index (χ4n) is 1.07. The Morgan fingerprint density at radius 1 is 1.62 bits per heavy atom. The van der Waals surface area contributed by atoms with Crippen LogP contribution >= 0.6 is 0 Å². The third-order valence-electron chi connectivity index (χ3n) is 1.78. The summed E-state index contributed by atoms with van der Waals surface area (Å²) in [4.78, 5) is 15.1. The van der Waals surface area contributed by atoms with E-state index in [1.54, 1.807) is 19.3 Å². The predicted octanol–water partition coefficient (Wildman–Crippen LogP) is 1.50. The fourth-order valence-corrected chi connectivity index (χ4v) is 1.07. The number of rotatable bonds is 3. The summed E-state index contributed by atoms with van der Waals surface area (Å²) in [6.45, 7) is 4.17. The first-order valence-electron chi connectivity index (χ1n) is 4.29. The van der Waals surface area contributed by atoms with Gasteiger partial charge in [-0.3, -0.25) is 9.78 Å². The van der Waals surface area contributed by atoms with E-state index in [2.05, 4.69) is 4.98 Å². The topological polar surface area (TPSA) is 39.2 Å². The molecule has 1 aromatic heterocycles. The molecule has 0 aliphatic heterocycles. The van der Waals surface area contributed by atoms with Crippen LogP contribution in [-0.2, 0) is 16.0 Å². The lowest BCUT2D eigenvalue weighted by molar-refractivity contribution is -0.142. The number of aryl methyl sites for hydroxylation is 1. The van der Waals surface area contributed by atoms with Gasteiger partial charge in [0.1, 0.15) is 0 Å². The van der Waals surface area contributed by atoms with Crippen LogP contribution in [-0.4, -0.2) is 17.6 Å². The van der Waals surface area contributed by atoms with Gasteiger partial charge in [0.05, 0.1) is 13.0 Å². The van der Waals surface area contributed by atoms with Gasteiger partial charge in [0.15, 0.2) is 0 Å². The van der Waals surface area contributed by atoms with Crippen molar-refractivity contribution in [3.05, 3.63) is 29.6 Å². The zero-order chi connectivity index (χ0) is 9.68. The third-order valence-corrected chi connectivity index (χ3v) is 1.78. The summed E-state index contributed by atoms with van der Waals surface area (Å²) < 4.78 is 4.84. The number of carbonyl (C=O) groups is 1. The Kier molecular flexibility index (Phi) is 3.43. The highest BCUT2D eigenvalue weighted by Gasteiger charge is 2.05. The normalized spacial score (nSPS) is 9.69. The SMILES string of the molecule is CCOC(=O)Cc1ccncc1C. The van der Waals surface area contributed by atoms with E-state index in [9.17, 15) is 4.79 Å². The van der Waals surface area contributed by atoms with Crippen LogP contribution in [0.15, 0.2) is 18.5 Å². The molecule has 0 radical (unpaired) electrons. The Balaban J connectivity index is 2.63. The van der Waals surface area contributed by atoms with Crippen molar-refractivity contribution in [1.82, 2.24) is 4.98 Å². The zero-order valence-corrected chi connectivity index (χ0v) is 7.91. The van der Waals surface area contributed by atoms with Crippen molar-refractivity contribution in [3.8, 4) is 0 Å². The average Bonchev–Trinajstić information content (AvgIpc) is 2.09. The molecule has 3 heteroatoms. The molecule has 0 aliphatic rings. The lowest BCUT2D eigenvalue weighted by atomic mass is 10.1. The van der Waals surface area contributed by atoms with Gasteiger partial charge in [-0.1, -0.05) is 0 Å². The van der Waals surface area contributed by atoms with Gasteiger partial charge in [0.2, 0.25) is 0 Å². The van der Waals surface area contributed by atoms with Gasteiger partial charge in [-0.05, 0) is 31.0 Å². The Bertz CT molecular complexity index is 297. The number of ether oxygens (including phenoxy) is 1. The highest BCUT2D eigenvalue weighted by molar-refractivity contribution is 5.72. The van der Waals surface area contributed by atoms with Crippen molar-refractivity contribution >= 4 is 5.97 Å². The van der Waals surface area contributed by atoms with Crippen LogP contribution in [0.5, 0.6) is 0 Å². The van der Waals surface area contributed by atoms with Gasteiger partial charge in [-0.15, -0.1) is 0 Å². The van der Waals surface area contributed by atoms with Crippen molar-refractivity contribution in [2.24, 2.45) is 0 Å². The lowest BCUT2D eigenvalue weighted by Crippen LogP contribution is -2.08. The Hall–Kier alpha value is -1.38. The minimum atomic E-state index is -0.184. The van der Waals surface area contributed by atoms with Crippen molar-refractivity contribution in [2.75, 3.05) is 6.61 Å². The van der Waals surface area contributed by atoms with Crippen molar-refractivity contribution < 1.29 is 9.53 Å². The maximum atomic E-state index is 11.1. The summed E-state index contributed by atoms with van der Waals surface area (Å²) in [5.74, 6) is -0.184. The predicted molar refractivity (Wildman–Crippen MR) is 49.3 cm³/mol. The van der Waals surface area contributed by atoms with Crippen molar-refractivity contribution in [1.29, 1.82) is 0 Å². The second-order valence-electron chi connectivity index (χ2n) is 2.78. The molecule has 0 aliphatic carbocycles. The number of aromatic nitrogens is 1. The molecule has 1 aromatic rings.